The summed E-state index contributed by atoms with van der Waals surface area (Å²) in [6, 6.07) is 10.7. The van der Waals surface area contributed by atoms with Gasteiger partial charge in [0.15, 0.2) is 0 Å². The van der Waals surface area contributed by atoms with Crippen LogP contribution in [0, 0.1) is 6.92 Å². The second kappa shape index (κ2) is 5.10. The van der Waals surface area contributed by atoms with Gasteiger partial charge in [0.2, 0.25) is 5.78 Å². The van der Waals surface area contributed by atoms with E-state index >= 15 is 0 Å². The van der Waals surface area contributed by atoms with Crippen LogP contribution >= 0.6 is 0 Å². The smallest absolute Gasteiger partial charge is 0.309 e. The molecule has 98 valence electrons. The van der Waals surface area contributed by atoms with Crippen molar-refractivity contribution < 1.29 is 14.7 Å². The van der Waals surface area contributed by atoms with Crippen molar-refractivity contribution in [2.75, 3.05) is 0 Å². The van der Waals surface area contributed by atoms with Gasteiger partial charge in [-0.1, -0.05) is 30.3 Å². The first-order valence-corrected chi connectivity index (χ1v) is 5.97. The topological polar surface area (TPSA) is 59.3 Å². The number of carboxylic acid groups (broad SMARTS) is 1. The molecular weight excluding hydrogens is 242 g/mol. The van der Waals surface area contributed by atoms with E-state index in [9.17, 15) is 9.59 Å². The van der Waals surface area contributed by atoms with Crippen molar-refractivity contribution >= 4 is 11.8 Å². The van der Waals surface area contributed by atoms with Gasteiger partial charge in [-0.2, -0.15) is 0 Å². The Morgan fingerprint density at radius 2 is 1.84 bits per heavy atom. The summed E-state index contributed by atoms with van der Waals surface area (Å²) in [6.07, 6.45) is -0.0839. The molecule has 19 heavy (non-hydrogen) atoms. The molecule has 4 heteroatoms. The fourth-order valence-corrected chi connectivity index (χ4v) is 2.21. The summed E-state index contributed by atoms with van der Waals surface area (Å²) in [4.78, 5) is 23.2. The van der Waals surface area contributed by atoms with Crippen LogP contribution in [0.4, 0.5) is 0 Å². The number of carboxylic acids is 1. The third kappa shape index (κ3) is 2.57. The molecule has 0 radical (unpaired) electrons. The van der Waals surface area contributed by atoms with E-state index in [2.05, 4.69) is 0 Å². The molecule has 0 fully saturated rings. The third-order valence-electron chi connectivity index (χ3n) is 3.11. The number of rotatable bonds is 4. The lowest BCUT2D eigenvalue weighted by Crippen LogP contribution is -2.12. The number of aromatic nitrogens is 1. The van der Waals surface area contributed by atoms with Crippen LogP contribution in [0.25, 0.3) is 0 Å². The van der Waals surface area contributed by atoms with E-state index in [1.165, 1.54) is 0 Å². The van der Waals surface area contributed by atoms with Gasteiger partial charge in [-0.25, -0.2) is 0 Å². The summed E-state index contributed by atoms with van der Waals surface area (Å²) in [5, 5.41) is 8.85. The molecule has 1 aromatic carbocycles. The van der Waals surface area contributed by atoms with E-state index in [1.54, 1.807) is 29.8 Å². The number of nitrogens with zero attached hydrogens (tertiary/aromatic N) is 1. The first-order valence-electron chi connectivity index (χ1n) is 5.97. The van der Waals surface area contributed by atoms with Crippen LogP contribution in [0.1, 0.15) is 27.3 Å². The predicted octanol–water partition coefficient (Wildman–Crippen LogP) is 2.19. The number of hydrogen-bond donors (Lipinski definition) is 1. The highest BCUT2D eigenvalue weighted by atomic mass is 16.4. The molecule has 0 bridgehead atoms. The monoisotopic (exact) mass is 257 g/mol. The molecule has 0 saturated carbocycles. The van der Waals surface area contributed by atoms with Gasteiger partial charge in [0.25, 0.3) is 0 Å². The number of aryl methyl sites for hydroxylation is 1. The summed E-state index contributed by atoms with van der Waals surface area (Å²) in [7, 11) is 1.72. The Bertz CT molecular complexity index is 626. The molecule has 0 aliphatic rings. The zero-order valence-corrected chi connectivity index (χ0v) is 10.9. The molecule has 2 aromatic rings. The number of aliphatic carboxylic acids is 1. The van der Waals surface area contributed by atoms with Gasteiger partial charge in [-0.05, 0) is 18.6 Å². The van der Waals surface area contributed by atoms with Gasteiger partial charge in [0.1, 0.15) is 0 Å². The molecule has 0 saturated heterocycles. The molecule has 0 spiro atoms. The standard InChI is InChI=1S/C15H15NO3/c1-10-8-12(9-13(17)18)16(2)14(10)15(19)11-6-4-3-5-7-11/h3-8H,9H2,1-2H3,(H,17,18). The van der Waals surface area contributed by atoms with Gasteiger partial charge in [0.05, 0.1) is 12.1 Å². The Labute approximate surface area is 111 Å². The van der Waals surface area contributed by atoms with Crippen LogP contribution in [0.5, 0.6) is 0 Å². The number of hydrogen-bond acceptors (Lipinski definition) is 2. The molecular formula is C15H15NO3. The Morgan fingerprint density at radius 3 is 2.42 bits per heavy atom. The highest BCUT2D eigenvalue weighted by Gasteiger charge is 2.19. The van der Waals surface area contributed by atoms with Crippen molar-refractivity contribution in [1.29, 1.82) is 0 Å². The van der Waals surface area contributed by atoms with Crippen molar-refractivity contribution in [3.63, 3.8) is 0 Å². The van der Waals surface area contributed by atoms with Crippen molar-refractivity contribution in [2.24, 2.45) is 7.05 Å². The molecule has 0 aliphatic carbocycles. The van der Waals surface area contributed by atoms with Crippen LogP contribution in [0.3, 0.4) is 0 Å². The molecule has 0 amide bonds. The summed E-state index contributed by atoms with van der Waals surface area (Å²) < 4.78 is 1.67. The minimum absolute atomic E-state index is 0.0839. The van der Waals surface area contributed by atoms with Gasteiger partial charge in [-0.3, -0.25) is 9.59 Å². The van der Waals surface area contributed by atoms with E-state index in [1.807, 2.05) is 25.1 Å². The van der Waals surface area contributed by atoms with Crippen molar-refractivity contribution in [2.45, 2.75) is 13.3 Å². The zero-order valence-electron chi connectivity index (χ0n) is 10.9. The largest absolute Gasteiger partial charge is 0.481 e. The third-order valence-corrected chi connectivity index (χ3v) is 3.11. The fraction of sp³-hybridized carbons (Fsp3) is 0.200. The van der Waals surface area contributed by atoms with Crippen molar-refractivity contribution in [3.8, 4) is 0 Å². The number of ketones is 1. The SMILES string of the molecule is Cc1cc(CC(=O)O)n(C)c1C(=O)c1ccccc1. The second-order valence-electron chi connectivity index (χ2n) is 4.49. The van der Waals surface area contributed by atoms with Crippen LogP contribution in [0.2, 0.25) is 0 Å². The first-order chi connectivity index (χ1) is 9.00. The van der Waals surface area contributed by atoms with E-state index in [-0.39, 0.29) is 12.2 Å². The number of carbonyl (C=O) groups excluding carboxylic acids is 1. The lowest BCUT2D eigenvalue weighted by Gasteiger charge is -2.06. The molecule has 0 aliphatic heterocycles. The quantitative estimate of drug-likeness (QED) is 0.854. The van der Waals surface area contributed by atoms with E-state index in [0.29, 0.717) is 17.0 Å². The summed E-state index contributed by atoms with van der Waals surface area (Å²) in [5.41, 5.74) is 2.58. The lowest BCUT2D eigenvalue weighted by molar-refractivity contribution is -0.136. The average molecular weight is 257 g/mol. The van der Waals surface area contributed by atoms with E-state index in [4.69, 9.17) is 5.11 Å². The maximum Gasteiger partial charge on any atom is 0.309 e. The van der Waals surface area contributed by atoms with Gasteiger partial charge in [-0.15, -0.1) is 0 Å². The van der Waals surface area contributed by atoms with Gasteiger partial charge < -0.3 is 9.67 Å². The van der Waals surface area contributed by atoms with E-state index < -0.39 is 5.97 Å². The molecule has 0 unspecified atom stereocenters. The zero-order chi connectivity index (χ0) is 14.0. The average Bonchev–Trinajstić information content (AvgIpc) is 2.64. The summed E-state index contributed by atoms with van der Waals surface area (Å²) in [6.45, 7) is 1.82. The predicted molar refractivity (Wildman–Crippen MR) is 71.4 cm³/mol. The first kappa shape index (κ1) is 13.1. The Kier molecular flexibility index (Phi) is 3.51. The second-order valence-corrected chi connectivity index (χ2v) is 4.49. The maximum atomic E-state index is 12.4. The molecule has 1 heterocycles. The van der Waals surface area contributed by atoms with Gasteiger partial charge >= 0.3 is 5.97 Å². The number of carbonyl (C=O) groups is 2. The maximum absolute atomic E-state index is 12.4. The van der Waals surface area contributed by atoms with Crippen molar-refractivity contribution in [1.82, 2.24) is 4.57 Å². The Morgan fingerprint density at radius 1 is 1.21 bits per heavy atom. The van der Waals surface area contributed by atoms with Crippen LogP contribution in [0.15, 0.2) is 36.4 Å². The van der Waals surface area contributed by atoms with Crippen LogP contribution < -0.4 is 0 Å². The van der Waals surface area contributed by atoms with Crippen molar-refractivity contribution in [3.05, 3.63) is 58.9 Å². The summed E-state index contributed by atoms with van der Waals surface area (Å²) >= 11 is 0. The molecule has 4 nitrogen and oxygen atoms in total. The molecule has 2 rings (SSSR count). The number of benzene rings is 1. The minimum atomic E-state index is -0.903. The van der Waals surface area contributed by atoms with Crippen LogP contribution in [-0.2, 0) is 18.3 Å². The molecule has 1 aromatic heterocycles. The summed E-state index contributed by atoms with van der Waals surface area (Å²) in [5.74, 6) is -0.989. The Hall–Kier alpha value is -2.36. The fourth-order valence-electron chi connectivity index (χ4n) is 2.21. The van der Waals surface area contributed by atoms with Gasteiger partial charge in [0, 0.05) is 18.3 Å². The Balaban J connectivity index is 2.43. The molecule has 0 atom stereocenters. The normalized spacial score (nSPS) is 10.4. The van der Waals surface area contributed by atoms with E-state index in [0.717, 1.165) is 5.56 Å². The highest BCUT2D eigenvalue weighted by molar-refractivity contribution is 6.09. The highest BCUT2D eigenvalue weighted by Crippen LogP contribution is 2.18. The minimum Gasteiger partial charge on any atom is -0.481 e. The molecule has 1 N–H and O–H groups in total. The lowest BCUT2D eigenvalue weighted by atomic mass is 10.1. The van der Waals surface area contributed by atoms with Crippen LogP contribution in [-0.4, -0.2) is 21.4 Å².